The van der Waals surface area contributed by atoms with Crippen LogP contribution >= 0.6 is 0 Å². The maximum absolute atomic E-state index is 12.4. The van der Waals surface area contributed by atoms with Crippen LogP contribution in [0.2, 0.25) is 0 Å². The summed E-state index contributed by atoms with van der Waals surface area (Å²) in [5.41, 5.74) is -1.11. The van der Waals surface area contributed by atoms with E-state index in [-0.39, 0.29) is 0 Å². The van der Waals surface area contributed by atoms with Gasteiger partial charge in [-0.05, 0) is 34.1 Å². The third-order valence-corrected chi connectivity index (χ3v) is 2.81. The number of aliphatic hydroxyl groups is 1. The molecule has 0 radical (unpaired) electrons. The van der Waals surface area contributed by atoms with Crippen LogP contribution in [-0.4, -0.2) is 28.8 Å². The monoisotopic (exact) mass is 208 g/mol. The van der Waals surface area contributed by atoms with E-state index in [2.05, 4.69) is 0 Å². The molecule has 0 aromatic rings. The first kappa shape index (κ1) is 11.9. The van der Waals surface area contributed by atoms with Crippen LogP contribution in [-0.2, 0) is 4.74 Å². The fraction of sp³-hybridized carbons (Fsp3) is 1.00. The normalized spacial score (nSPS) is 32.1. The lowest BCUT2D eigenvalue weighted by atomic mass is 9.83. The molecular formula is C10H18F2O2. The molecule has 1 rings (SSSR count). The first-order valence-electron chi connectivity index (χ1n) is 4.82. The van der Waals surface area contributed by atoms with E-state index in [0.29, 0.717) is 6.42 Å². The molecule has 2 nitrogen and oxygen atoms in total. The predicted octanol–water partition coefficient (Wildman–Crippen LogP) is 2.21. The molecule has 1 fully saturated rings. The number of rotatable bonds is 2. The van der Waals surface area contributed by atoms with Crippen molar-refractivity contribution in [2.24, 2.45) is 5.92 Å². The Morgan fingerprint density at radius 3 is 2.07 bits per heavy atom. The van der Waals surface area contributed by atoms with Crippen LogP contribution in [0.1, 0.15) is 34.1 Å². The first-order chi connectivity index (χ1) is 6.16. The van der Waals surface area contributed by atoms with Gasteiger partial charge in [-0.2, -0.15) is 0 Å². The molecule has 1 saturated heterocycles. The van der Waals surface area contributed by atoms with E-state index in [1.165, 1.54) is 0 Å². The second-order valence-corrected chi connectivity index (χ2v) is 5.10. The molecule has 0 saturated carbocycles. The molecule has 0 aromatic heterocycles. The second kappa shape index (κ2) is 3.42. The minimum atomic E-state index is -2.70. The van der Waals surface area contributed by atoms with Crippen molar-refractivity contribution in [2.75, 3.05) is 0 Å². The average Bonchev–Trinajstić information content (AvgIpc) is 2.17. The fourth-order valence-corrected chi connectivity index (χ4v) is 2.31. The van der Waals surface area contributed by atoms with Crippen LogP contribution in [0.15, 0.2) is 0 Å². The SMILES string of the molecule is CC1(C)CC(C(O)C(F)F)C(C)(C)O1. The largest absolute Gasteiger partial charge is 0.387 e. The van der Waals surface area contributed by atoms with Gasteiger partial charge in [0.2, 0.25) is 0 Å². The number of alkyl halides is 2. The molecule has 0 aliphatic carbocycles. The van der Waals surface area contributed by atoms with E-state index < -0.39 is 29.6 Å². The third-order valence-electron chi connectivity index (χ3n) is 2.81. The van der Waals surface area contributed by atoms with E-state index in [1.807, 2.05) is 13.8 Å². The van der Waals surface area contributed by atoms with Gasteiger partial charge >= 0.3 is 0 Å². The quantitative estimate of drug-likeness (QED) is 0.753. The fourth-order valence-electron chi connectivity index (χ4n) is 2.31. The van der Waals surface area contributed by atoms with Gasteiger partial charge in [-0.25, -0.2) is 8.78 Å². The van der Waals surface area contributed by atoms with Gasteiger partial charge in [0.1, 0.15) is 6.10 Å². The molecule has 84 valence electrons. The topological polar surface area (TPSA) is 29.5 Å². The minimum Gasteiger partial charge on any atom is -0.387 e. The molecule has 0 bridgehead atoms. The smallest absolute Gasteiger partial charge is 0.264 e. The van der Waals surface area contributed by atoms with Crippen LogP contribution in [0, 0.1) is 5.92 Å². The van der Waals surface area contributed by atoms with Crippen LogP contribution in [0.3, 0.4) is 0 Å². The highest BCUT2D eigenvalue weighted by Gasteiger charge is 2.50. The lowest BCUT2D eigenvalue weighted by Gasteiger charge is -2.29. The Balaban J connectivity index is 2.80. The van der Waals surface area contributed by atoms with Gasteiger partial charge < -0.3 is 9.84 Å². The number of halogens is 2. The van der Waals surface area contributed by atoms with Crippen molar-refractivity contribution in [2.45, 2.75) is 57.8 Å². The van der Waals surface area contributed by atoms with Crippen molar-refractivity contribution >= 4 is 0 Å². The Morgan fingerprint density at radius 2 is 1.79 bits per heavy atom. The molecular weight excluding hydrogens is 190 g/mol. The Morgan fingerprint density at radius 1 is 1.29 bits per heavy atom. The average molecular weight is 208 g/mol. The molecule has 1 aliphatic rings. The summed E-state index contributed by atoms with van der Waals surface area (Å²) in [4.78, 5) is 0. The molecule has 4 heteroatoms. The highest BCUT2D eigenvalue weighted by atomic mass is 19.3. The molecule has 2 atom stereocenters. The third kappa shape index (κ3) is 2.23. The molecule has 1 heterocycles. The molecule has 14 heavy (non-hydrogen) atoms. The highest BCUT2D eigenvalue weighted by Crippen LogP contribution is 2.44. The van der Waals surface area contributed by atoms with Crippen molar-refractivity contribution in [3.8, 4) is 0 Å². The van der Waals surface area contributed by atoms with E-state index in [1.54, 1.807) is 13.8 Å². The van der Waals surface area contributed by atoms with Gasteiger partial charge in [-0.3, -0.25) is 0 Å². The van der Waals surface area contributed by atoms with Gasteiger partial charge in [0.05, 0.1) is 11.2 Å². The zero-order chi connectivity index (χ0) is 11.1. The van der Waals surface area contributed by atoms with E-state index in [9.17, 15) is 13.9 Å². The highest BCUT2D eigenvalue weighted by molar-refractivity contribution is 4.97. The summed E-state index contributed by atoms with van der Waals surface area (Å²) >= 11 is 0. The van der Waals surface area contributed by atoms with Crippen molar-refractivity contribution in [1.29, 1.82) is 0 Å². The van der Waals surface area contributed by atoms with E-state index in [0.717, 1.165) is 0 Å². The van der Waals surface area contributed by atoms with Gasteiger partial charge in [0, 0.05) is 5.92 Å². The summed E-state index contributed by atoms with van der Waals surface area (Å²) in [6.45, 7) is 7.20. The summed E-state index contributed by atoms with van der Waals surface area (Å²) < 4.78 is 30.4. The van der Waals surface area contributed by atoms with Gasteiger partial charge in [-0.1, -0.05) is 0 Å². The summed E-state index contributed by atoms with van der Waals surface area (Å²) in [5.74, 6) is -0.502. The molecule has 0 spiro atoms. The van der Waals surface area contributed by atoms with Gasteiger partial charge in [0.25, 0.3) is 6.43 Å². The molecule has 1 N–H and O–H groups in total. The standard InChI is InChI=1S/C10H18F2O2/c1-9(2)5-6(7(13)8(11)12)10(3,4)14-9/h6-8,13H,5H2,1-4H3. The number of hydrogen-bond donors (Lipinski definition) is 1. The number of hydrogen-bond acceptors (Lipinski definition) is 2. The second-order valence-electron chi connectivity index (χ2n) is 5.10. The molecule has 0 amide bonds. The summed E-state index contributed by atoms with van der Waals surface area (Å²) in [6.07, 6.45) is -3.82. The zero-order valence-corrected chi connectivity index (χ0v) is 9.05. The number of ether oxygens (including phenoxy) is 1. The Kier molecular flexibility index (Phi) is 2.89. The maximum atomic E-state index is 12.4. The van der Waals surface area contributed by atoms with Crippen molar-refractivity contribution in [1.82, 2.24) is 0 Å². The summed E-state index contributed by atoms with van der Waals surface area (Å²) in [5, 5.41) is 9.36. The van der Waals surface area contributed by atoms with Crippen LogP contribution in [0.4, 0.5) is 8.78 Å². The van der Waals surface area contributed by atoms with E-state index in [4.69, 9.17) is 4.74 Å². The zero-order valence-electron chi connectivity index (χ0n) is 9.05. The summed E-state index contributed by atoms with van der Waals surface area (Å²) in [7, 11) is 0. The van der Waals surface area contributed by atoms with Crippen LogP contribution in [0.25, 0.3) is 0 Å². The minimum absolute atomic E-state index is 0.427. The van der Waals surface area contributed by atoms with Crippen molar-refractivity contribution < 1.29 is 18.6 Å². The first-order valence-corrected chi connectivity index (χ1v) is 4.82. The van der Waals surface area contributed by atoms with Crippen molar-refractivity contribution in [3.05, 3.63) is 0 Å². The number of aliphatic hydroxyl groups excluding tert-OH is 1. The molecule has 0 aromatic carbocycles. The van der Waals surface area contributed by atoms with E-state index >= 15 is 0 Å². The van der Waals surface area contributed by atoms with Gasteiger partial charge in [0.15, 0.2) is 0 Å². The lowest BCUT2D eigenvalue weighted by molar-refractivity contribution is -0.109. The van der Waals surface area contributed by atoms with Crippen LogP contribution < -0.4 is 0 Å². The molecule has 1 aliphatic heterocycles. The summed E-state index contributed by atoms with van der Waals surface area (Å²) in [6, 6.07) is 0. The lowest BCUT2D eigenvalue weighted by Crippen LogP contribution is -2.39. The van der Waals surface area contributed by atoms with Crippen molar-refractivity contribution in [3.63, 3.8) is 0 Å². The Labute approximate surface area is 83.3 Å². The maximum Gasteiger partial charge on any atom is 0.264 e. The Bertz CT molecular complexity index is 214. The van der Waals surface area contributed by atoms with Gasteiger partial charge in [-0.15, -0.1) is 0 Å². The predicted molar refractivity (Wildman–Crippen MR) is 49.4 cm³/mol. The van der Waals surface area contributed by atoms with Crippen LogP contribution in [0.5, 0.6) is 0 Å². The molecule has 2 unspecified atom stereocenters. The Hall–Kier alpha value is -0.220.